The molecule has 2 N–H and O–H groups in total. The lowest BCUT2D eigenvalue weighted by Crippen LogP contribution is -2.40. The fourth-order valence-corrected chi connectivity index (χ4v) is 2.85. The summed E-state index contributed by atoms with van der Waals surface area (Å²) in [6.45, 7) is 6.25. The molecule has 1 aliphatic rings. The second kappa shape index (κ2) is 6.29. The van der Waals surface area contributed by atoms with E-state index in [0.717, 1.165) is 30.4 Å². The molecule has 1 aromatic rings. The van der Waals surface area contributed by atoms with Crippen molar-refractivity contribution in [2.24, 2.45) is 0 Å². The maximum absolute atomic E-state index is 12.7. The molecule has 0 bridgehead atoms. The minimum absolute atomic E-state index is 0. The summed E-state index contributed by atoms with van der Waals surface area (Å²) in [4.78, 5) is 14.7. The zero-order chi connectivity index (χ0) is 13.3. The normalized spacial score (nSPS) is 22.2. The first-order valence-corrected chi connectivity index (χ1v) is 6.73. The van der Waals surface area contributed by atoms with Crippen LogP contribution in [0.5, 0.6) is 0 Å². The summed E-state index contributed by atoms with van der Waals surface area (Å²) in [6.07, 6.45) is 3.24. The Kier molecular flexibility index (Phi) is 5.24. The highest BCUT2D eigenvalue weighted by Gasteiger charge is 2.34. The minimum atomic E-state index is 0. The van der Waals surface area contributed by atoms with Crippen LogP contribution in [0.4, 0.5) is 5.69 Å². The molecule has 2 atom stereocenters. The second-order valence-electron chi connectivity index (χ2n) is 5.28. The summed E-state index contributed by atoms with van der Waals surface area (Å²) in [5.74, 6) is 0.136. The van der Waals surface area contributed by atoms with Crippen LogP contribution in [0.25, 0.3) is 0 Å². The summed E-state index contributed by atoms with van der Waals surface area (Å²) < 4.78 is 0. The average molecular weight is 283 g/mol. The van der Waals surface area contributed by atoms with Crippen molar-refractivity contribution in [1.82, 2.24) is 4.90 Å². The number of likely N-dealkylation sites (tertiary alicyclic amines) is 1. The van der Waals surface area contributed by atoms with Crippen molar-refractivity contribution in [3.05, 3.63) is 29.3 Å². The molecular formula is C15H23ClN2O. The molecule has 3 nitrogen and oxygen atoms in total. The zero-order valence-electron chi connectivity index (χ0n) is 11.8. The zero-order valence-corrected chi connectivity index (χ0v) is 12.7. The molecule has 0 aromatic heterocycles. The molecule has 1 saturated heterocycles. The molecule has 0 spiro atoms. The highest BCUT2D eigenvalue weighted by molar-refractivity contribution is 5.97. The second-order valence-corrected chi connectivity index (χ2v) is 5.28. The van der Waals surface area contributed by atoms with Gasteiger partial charge in [0.05, 0.1) is 0 Å². The van der Waals surface area contributed by atoms with Crippen LogP contribution in [0.3, 0.4) is 0 Å². The van der Waals surface area contributed by atoms with Crippen LogP contribution >= 0.6 is 12.4 Å². The molecule has 1 heterocycles. The van der Waals surface area contributed by atoms with Gasteiger partial charge in [0.2, 0.25) is 0 Å². The van der Waals surface area contributed by atoms with E-state index in [2.05, 4.69) is 13.8 Å². The first-order chi connectivity index (χ1) is 8.54. The number of nitrogen functional groups attached to an aromatic ring is 1. The predicted octanol–water partition coefficient (Wildman–Crippen LogP) is 3.40. The van der Waals surface area contributed by atoms with E-state index in [9.17, 15) is 4.79 Å². The van der Waals surface area contributed by atoms with E-state index < -0.39 is 0 Å². The summed E-state index contributed by atoms with van der Waals surface area (Å²) in [6, 6.07) is 6.29. The first-order valence-electron chi connectivity index (χ1n) is 6.73. The lowest BCUT2D eigenvalue weighted by molar-refractivity contribution is 0.0675. The number of nitrogens with two attached hydrogens (primary N) is 1. The summed E-state index contributed by atoms with van der Waals surface area (Å²) in [5, 5.41) is 0. The van der Waals surface area contributed by atoms with Gasteiger partial charge in [-0.05, 0) is 50.8 Å². The Morgan fingerprint density at radius 1 is 1.42 bits per heavy atom. The number of benzene rings is 1. The molecule has 4 heteroatoms. The monoisotopic (exact) mass is 282 g/mol. The molecule has 106 valence electrons. The van der Waals surface area contributed by atoms with Crippen molar-refractivity contribution in [3.8, 4) is 0 Å². The lowest BCUT2D eigenvalue weighted by atomic mass is 10.1. The molecule has 1 fully saturated rings. The third kappa shape index (κ3) is 3.03. The van der Waals surface area contributed by atoms with Gasteiger partial charge in [0.15, 0.2) is 0 Å². The molecule has 2 rings (SSSR count). The Bertz CT molecular complexity index is 461. The Hall–Kier alpha value is -1.22. The van der Waals surface area contributed by atoms with Gasteiger partial charge in [0.25, 0.3) is 5.91 Å². The molecule has 2 unspecified atom stereocenters. The first kappa shape index (κ1) is 15.8. The van der Waals surface area contributed by atoms with Crippen molar-refractivity contribution in [2.45, 2.75) is 52.1 Å². The van der Waals surface area contributed by atoms with Gasteiger partial charge in [0.1, 0.15) is 0 Å². The quantitative estimate of drug-likeness (QED) is 0.845. The third-order valence-corrected chi connectivity index (χ3v) is 3.98. The molecule has 1 aromatic carbocycles. The van der Waals surface area contributed by atoms with Crippen LogP contribution in [-0.2, 0) is 0 Å². The number of carbonyl (C=O) groups is 1. The maximum Gasteiger partial charge on any atom is 0.254 e. The number of hydrogen-bond acceptors (Lipinski definition) is 2. The Morgan fingerprint density at radius 3 is 2.74 bits per heavy atom. The highest BCUT2D eigenvalue weighted by Crippen LogP contribution is 2.29. The van der Waals surface area contributed by atoms with Crippen LogP contribution < -0.4 is 5.73 Å². The van der Waals surface area contributed by atoms with Gasteiger partial charge in [-0.3, -0.25) is 4.79 Å². The van der Waals surface area contributed by atoms with E-state index in [1.165, 1.54) is 0 Å². The SMILES string of the molecule is CCC1CCC(C)N1C(=O)c1cc(N)ccc1C.Cl. The number of anilines is 1. The number of aryl methyl sites for hydroxylation is 1. The molecule has 19 heavy (non-hydrogen) atoms. The van der Waals surface area contributed by atoms with Crippen molar-refractivity contribution < 1.29 is 4.79 Å². The summed E-state index contributed by atoms with van der Waals surface area (Å²) in [5.41, 5.74) is 8.21. The predicted molar refractivity (Wildman–Crippen MR) is 81.8 cm³/mol. The van der Waals surface area contributed by atoms with E-state index in [0.29, 0.717) is 17.8 Å². The van der Waals surface area contributed by atoms with Gasteiger partial charge in [-0.2, -0.15) is 0 Å². The van der Waals surface area contributed by atoms with Crippen LogP contribution in [0.2, 0.25) is 0 Å². The van der Waals surface area contributed by atoms with Gasteiger partial charge in [-0.1, -0.05) is 13.0 Å². The Labute approximate surface area is 121 Å². The van der Waals surface area contributed by atoms with Gasteiger partial charge in [-0.25, -0.2) is 0 Å². The highest BCUT2D eigenvalue weighted by atomic mass is 35.5. The van der Waals surface area contributed by atoms with Crippen LogP contribution in [0, 0.1) is 6.92 Å². The number of halogens is 1. The van der Waals surface area contributed by atoms with Crippen LogP contribution in [0.1, 0.15) is 49.0 Å². The van der Waals surface area contributed by atoms with E-state index in [-0.39, 0.29) is 18.3 Å². The minimum Gasteiger partial charge on any atom is -0.399 e. The van der Waals surface area contributed by atoms with E-state index in [1.807, 2.05) is 24.0 Å². The van der Waals surface area contributed by atoms with Crippen molar-refractivity contribution >= 4 is 24.0 Å². The van der Waals surface area contributed by atoms with Crippen LogP contribution in [0.15, 0.2) is 18.2 Å². The van der Waals surface area contributed by atoms with Gasteiger partial charge in [-0.15, -0.1) is 12.4 Å². The largest absolute Gasteiger partial charge is 0.399 e. The van der Waals surface area contributed by atoms with Crippen molar-refractivity contribution in [1.29, 1.82) is 0 Å². The standard InChI is InChI=1S/C15H22N2O.ClH/c1-4-13-8-6-11(3)17(13)15(18)14-9-12(16)7-5-10(14)2;/h5,7,9,11,13H,4,6,8,16H2,1-3H3;1H. The summed E-state index contributed by atoms with van der Waals surface area (Å²) >= 11 is 0. The number of nitrogens with zero attached hydrogens (tertiary/aromatic N) is 1. The topological polar surface area (TPSA) is 46.3 Å². The third-order valence-electron chi connectivity index (χ3n) is 3.98. The Morgan fingerprint density at radius 2 is 2.11 bits per heavy atom. The number of amides is 1. The molecule has 1 aliphatic heterocycles. The van der Waals surface area contributed by atoms with E-state index in [4.69, 9.17) is 5.73 Å². The number of hydrogen-bond donors (Lipinski definition) is 1. The van der Waals surface area contributed by atoms with E-state index >= 15 is 0 Å². The number of carbonyl (C=O) groups excluding carboxylic acids is 1. The molecule has 0 aliphatic carbocycles. The van der Waals surface area contributed by atoms with Crippen molar-refractivity contribution in [2.75, 3.05) is 5.73 Å². The van der Waals surface area contributed by atoms with Gasteiger partial charge < -0.3 is 10.6 Å². The smallest absolute Gasteiger partial charge is 0.254 e. The van der Waals surface area contributed by atoms with Crippen molar-refractivity contribution in [3.63, 3.8) is 0 Å². The maximum atomic E-state index is 12.7. The van der Waals surface area contributed by atoms with E-state index in [1.54, 1.807) is 6.07 Å². The molecule has 0 saturated carbocycles. The molecular weight excluding hydrogens is 260 g/mol. The average Bonchev–Trinajstić information content (AvgIpc) is 2.72. The fraction of sp³-hybridized carbons (Fsp3) is 0.533. The molecule has 0 radical (unpaired) electrons. The molecule has 1 amide bonds. The fourth-order valence-electron chi connectivity index (χ4n) is 2.85. The number of rotatable bonds is 2. The Balaban J connectivity index is 0.00000180. The summed E-state index contributed by atoms with van der Waals surface area (Å²) in [7, 11) is 0. The lowest BCUT2D eigenvalue weighted by Gasteiger charge is -2.28. The van der Waals surface area contributed by atoms with Gasteiger partial charge >= 0.3 is 0 Å². The van der Waals surface area contributed by atoms with Gasteiger partial charge in [0, 0.05) is 23.3 Å². The van der Waals surface area contributed by atoms with Crippen LogP contribution in [-0.4, -0.2) is 22.9 Å².